The summed E-state index contributed by atoms with van der Waals surface area (Å²) in [5.74, 6) is -0.536. The third kappa shape index (κ3) is 5.84. The maximum atomic E-state index is 11.6. The minimum atomic E-state index is -0.331. The van der Waals surface area contributed by atoms with Gasteiger partial charge >= 0.3 is 0 Å². The largest absolute Gasteiger partial charge is 0.352 e. The van der Waals surface area contributed by atoms with Crippen LogP contribution in [0.25, 0.3) is 0 Å². The number of aryl methyl sites for hydroxylation is 2. The highest BCUT2D eigenvalue weighted by Crippen LogP contribution is 2.10. The Balaban J connectivity index is 2.44. The molecule has 0 aliphatic heterocycles. The number of amides is 2. The summed E-state index contributed by atoms with van der Waals surface area (Å²) < 4.78 is 0. The Bertz CT molecular complexity index is 466. The Morgan fingerprint density at radius 3 is 2.30 bits per heavy atom. The van der Waals surface area contributed by atoms with Gasteiger partial charge in [0, 0.05) is 6.04 Å². The van der Waals surface area contributed by atoms with Gasteiger partial charge in [0.2, 0.25) is 11.8 Å². The highest BCUT2D eigenvalue weighted by atomic mass is 16.2. The number of nitrogens with one attached hydrogen (secondary N) is 2. The SMILES string of the molecule is Cc1cc(C)cc(CC(C)NC(=O)CNC(=O)CN)c1. The summed E-state index contributed by atoms with van der Waals surface area (Å²) in [4.78, 5) is 22.6. The molecule has 5 nitrogen and oxygen atoms in total. The minimum Gasteiger partial charge on any atom is -0.352 e. The van der Waals surface area contributed by atoms with Gasteiger partial charge in [-0.1, -0.05) is 29.3 Å². The first-order valence-corrected chi connectivity index (χ1v) is 6.74. The van der Waals surface area contributed by atoms with Gasteiger partial charge in [-0.3, -0.25) is 9.59 Å². The summed E-state index contributed by atoms with van der Waals surface area (Å²) in [6, 6.07) is 6.37. The summed E-state index contributed by atoms with van der Waals surface area (Å²) in [5, 5.41) is 5.30. The molecule has 1 aromatic carbocycles. The molecule has 110 valence electrons. The van der Waals surface area contributed by atoms with Gasteiger partial charge in [0.1, 0.15) is 0 Å². The molecular weight excluding hydrogens is 254 g/mol. The average molecular weight is 277 g/mol. The maximum absolute atomic E-state index is 11.6. The molecule has 0 aliphatic carbocycles. The van der Waals surface area contributed by atoms with E-state index in [1.165, 1.54) is 16.7 Å². The topological polar surface area (TPSA) is 84.2 Å². The molecule has 0 fully saturated rings. The molecule has 2 amide bonds. The van der Waals surface area contributed by atoms with Crippen LogP contribution >= 0.6 is 0 Å². The first kappa shape index (κ1) is 16.2. The Hall–Kier alpha value is -1.88. The van der Waals surface area contributed by atoms with Crippen molar-refractivity contribution in [2.75, 3.05) is 13.1 Å². The number of benzene rings is 1. The Labute approximate surface area is 119 Å². The van der Waals surface area contributed by atoms with Crippen molar-refractivity contribution in [3.05, 3.63) is 34.9 Å². The molecule has 0 saturated heterocycles. The lowest BCUT2D eigenvalue weighted by Crippen LogP contribution is -2.43. The summed E-state index contributed by atoms with van der Waals surface area (Å²) in [6.45, 7) is 5.92. The smallest absolute Gasteiger partial charge is 0.239 e. The Kier molecular flexibility index (Phi) is 6.18. The van der Waals surface area contributed by atoms with Crippen molar-refractivity contribution >= 4 is 11.8 Å². The van der Waals surface area contributed by atoms with Crippen LogP contribution in [0, 0.1) is 13.8 Å². The van der Waals surface area contributed by atoms with Crippen LogP contribution in [0.4, 0.5) is 0 Å². The molecule has 4 N–H and O–H groups in total. The highest BCUT2D eigenvalue weighted by Gasteiger charge is 2.09. The van der Waals surface area contributed by atoms with Crippen molar-refractivity contribution in [2.24, 2.45) is 5.73 Å². The Morgan fingerprint density at radius 2 is 1.75 bits per heavy atom. The number of nitrogens with two attached hydrogens (primary N) is 1. The van der Waals surface area contributed by atoms with Crippen LogP contribution in [-0.2, 0) is 16.0 Å². The van der Waals surface area contributed by atoms with Crippen molar-refractivity contribution in [2.45, 2.75) is 33.2 Å². The number of hydrogen-bond donors (Lipinski definition) is 3. The molecule has 5 heteroatoms. The van der Waals surface area contributed by atoms with E-state index in [4.69, 9.17) is 5.73 Å². The zero-order valence-corrected chi connectivity index (χ0v) is 12.3. The zero-order chi connectivity index (χ0) is 15.1. The molecule has 0 radical (unpaired) electrons. The van der Waals surface area contributed by atoms with Crippen molar-refractivity contribution in [1.82, 2.24) is 10.6 Å². The number of rotatable bonds is 6. The van der Waals surface area contributed by atoms with Crippen LogP contribution in [-0.4, -0.2) is 30.9 Å². The van der Waals surface area contributed by atoms with E-state index in [0.29, 0.717) is 0 Å². The lowest BCUT2D eigenvalue weighted by molar-refractivity contribution is -0.125. The van der Waals surface area contributed by atoms with E-state index in [-0.39, 0.29) is 30.9 Å². The fourth-order valence-electron chi connectivity index (χ4n) is 2.17. The molecule has 0 bridgehead atoms. The normalized spacial score (nSPS) is 11.8. The van der Waals surface area contributed by atoms with E-state index in [1.54, 1.807) is 0 Å². The minimum absolute atomic E-state index is 0.0125. The molecule has 1 unspecified atom stereocenters. The van der Waals surface area contributed by atoms with Crippen LogP contribution in [0.3, 0.4) is 0 Å². The van der Waals surface area contributed by atoms with Gasteiger partial charge in [-0.25, -0.2) is 0 Å². The number of hydrogen-bond acceptors (Lipinski definition) is 3. The molecular formula is C15H23N3O2. The molecule has 0 heterocycles. The average Bonchev–Trinajstić information content (AvgIpc) is 2.34. The van der Waals surface area contributed by atoms with Crippen molar-refractivity contribution < 1.29 is 9.59 Å². The van der Waals surface area contributed by atoms with Crippen LogP contribution in [0.1, 0.15) is 23.6 Å². The summed E-state index contributed by atoms with van der Waals surface area (Å²) in [5.41, 5.74) is 8.77. The van der Waals surface area contributed by atoms with E-state index in [9.17, 15) is 9.59 Å². The lowest BCUT2D eigenvalue weighted by Gasteiger charge is -2.15. The monoisotopic (exact) mass is 277 g/mol. The van der Waals surface area contributed by atoms with Gasteiger partial charge in [0.15, 0.2) is 0 Å². The lowest BCUT2D eigenvalue weighted by atomic mass is 10.0. The van der Waals surface area contributed by atoms with Crippen LogP contribution < -0.4 is 16.4 Å². The zero-order valence-electron chi connectivity index (χ0n) is 12.3. The van der Waals surface area contributed by atoms with E-state index < -0.39 is 0 Å². The van der Waals surface area contributed by atoms with Gasteiger partial charge in [0.05, 0.1) is 13.1 Å². The van der Waals surface area contributed by atoms with Crippen molar-refractivity contribution in [3.8, 4) is 0 Å². The van der Waals surface area contributed by atoms with Gasteiger partial charge in [-0.2, -0.15) is 0 Å². The second-order valence-corrected chi connectivity index (χ2v) is 5.15. The third-order valence-corrected chi connectivity index (χ3v) is 2.86. The molecule has 1 aromatic rings. The van der Waals surface area contributed by atoms with Crippen molar-refractivity contribution in [3.63, 3.8) is 0 Å². The van der Waals surface area contributed by atoms with Crippen LogP contribution in [0.2, 0.25) is 0 Å². The van der Waals surface area contributed by atoms with Crippen LogP contribution in [0.5, 0.6) is 0 Å². The van der Waals surface area contributed by atoms with Gasteiger partial charge < -0.3 is 16.4 Å². The number of carbonyl (C=O) groups is 2. The maximum Gasteiger partial charge on any atom is 0.239 e. The summed E-state index contributed by atoms with van der Waals surface area (Å²) in [7, 11) is 0. The molecule has 1 rings (SSSR count). The first-order valence-electron chi connectivity index (χ1n) is 6.74. The van der Waals surface area contributed by atoms with Gasteiger partial charge in [0.25, 0.3) is 0 Å². The predicted molar refractivity (Wildman–Crippen MR) is 79.3 cm³/mol. The van der Waals surface area contributed by atoms with Crippen molar-refractivity contribution in [1.29, 1.82) is 0 Å². The first-order chi connectivity index (χ1) is 9.40. The predicted octanol–water partition coefficient (Wildman–Crippen LogP) is 0.426. The van der Waals surface area contributed by atoms with E-state index in [1.807, 2.05) is 6.92 Å². The third-order valence-electron chi connectivity index (χ3n) is 2.86. The van der Waals surface area contributed by atoms with Gasteiger partial charge in [-0.05, 0) is 32.8 Å². The molecule has 0 spiro atoms. The van der Waals surface area contributed by atoms with Crippen LogP contribution in [0.15, 0.2) is 18.2 Å². The molecule has 0 saturated carbocycles. The quantitative estimate of drug-likeness (QED) is 0.705. The second-order valence-electron chi connectivity index (χ2n) is 5.15. The van der Waals surface area contributed by atoms with E-state index in [2.05, 4.69) is 42.7 Å². The standard InChI is InChI=1S/C15H23N3O2/c1-10-4-11(2)6-13(5-10)7-12(3)18-15(20)9-17-14(19)8-16/h4-6,12H,7-9,16H2,1-3H3,(H,17,19)(H,18,20). The molecule has 0 aromatic heterocycles. The number of carbonyl (C=O) groups excluding carboxylic acids is 2. The summed E-state index contributed by atoms with van der Waals surface area (Å²) in [6.07, 6.45) is 0.763. The second kappa shape index (κ2) is 7.65. The van der Waals surface area contributed by atoms with Gasteiger partial charge in [-0.15, -0.1) is 0 Å². The Morgan fingerprint density at radius 1 is 1.15 bits per heavy atom. The van der Waals surface area contributed by atoms with E-state index >= 15 is 0 Å². The molecule has 1 atom stereocenters. The fraction of sp³-hybridized carbons (Fsp3) is 0.467. The molecule has 20 heavy (non-hydrogen) atoms. The highest BCUT2D eigenvalue weighted by molar-refractivity contribution is 5.85. The fourth-order valence-corrected chi connectivity index (χ4v) is 2.17. The summed E-state index contributed by atoms with van der Waals surface area (Å²) >= 11 is 0. The molecule has 0 aliphatic rings. The van der Waals surface area contributed by atoms with E-state index in [0.717, 1.165) is 6.42 Å².